The van der Waals surface area contributed by atoms with Crippen LogP contribution in [0.3, 0.4) is 0 Å². The van der Waals surface area contributed by atoms with Crippen LogP contribution < -0.4 is 10.6 Å². The highest BCUT2D eigenvalue weighted by Gasteiger charge is 2.52. The molecule has 0 aliphatic carbocycles. The van der Waals surface area contributed by atoms with E-state index in [9.17, 15) is 79.2 Å². The third kappa shape index (κ3) is 55.0. The average Bonchev–Trinajstić information content (AvgIpc) is 0.815. The number of unbranched alkanes of at least 4 members (excludes halogenated alkanes) is 9. The van der Waals surface area contributed by atoms with Gasteiger partial charge in [-0.15, -0.1) is 0 Å². The fourth-order valence-corrected chi connectivity index (χ4v) is 12.1. The molecule has 9 unspecified atom stereocenters. The summed E-state index contributed by atoms with van der Waals surface area (Å²) < 4.78 is 61.4. The maximum absolute atomic E-state index is 12.4. The molecule has 0 bridgehead atoms. The van der Waals surface area contributed by atoms with Crippen LogP contribution in [0.2, 0.25) is 0 Å². The highest BCUT2D eigenvalue weighted by molar-refractivity contribution is 5.82. The van der Waals surface area contributed by atoms with Crippen molar-refractivity contribution >= 4 is 47.9 Å². The summed E-state index contributed by atoms with van der Waals surface area (Å²) in [7, 11) is 0. The maximum atomic E-state index is 12.4. The lowest BCUT2D eigenvalue weighted by Crippen LogP contribution is -2.61. The molecular weight excluding hydrogens is 1640 g/mol. The van der Waals surface area contributed by atoms with Crippen LogP contribution in [0.15, 0.2) is 86.0 Å². The van der Waals surface area contributed by atoms with Gasteiger partial charge in [0.15, 0.2) is 55.5 Å². The fourth-order valence-electron chi connectivity index (χ4n) is 12.1. The Morgan fingerprint density at radius 1 is 0.421 bits per heavy atom. The SMILES string of the molecule is C1CCOC1.C=CC(=O)OC1C(O)OC(CO)[C@@H](O)[C@@H]1OC(=O)C=C.CC(C)(C)Cc1ccccc1.CC(C)(C)OC(=O)C(C)(C)C.CCCCCCNCc1ccccc1.CCCCN(CCCCCC(=O)OC1C(O)OC(CO)[C@@H](O)[C@@H]1OC(=O)CCC)C(=O)OC(C)(C)C.CCCCNCCCCCC(=O)OC1C(O)OC(CO)[C@@H](O)[C@@H]1OC(=O)CCC. The number of amides is 1. The number of benzene rings is 2. The largest absolute Gasteiger partial charge is 0.460 e. The fraction of sp³-hybridized carbons (Fsp3) is 0.745. The molecule has 32 nitrogen and oxygen atoms in total. The molecule has 4 saturated heterocycles. The molecule has 126 heavy (non-hydrogen) atoms. The van der Waals surface area contributed by atoms with Gasteiger partial charge in [0.25, 0.3) is 0 Å². The molecule has 15 atom stereocenters. The molecule has 726 valence electrons. The van der Waals surface area contributed by atoms with Crippen molar-refractivity contribution in [1.29, 1.82) is 0 Å². The van der Waals surface area contributed by atoms with Crippen LogP contribution in [0.5, 0.6) is 0 Å². The first-order valence-electron chi connectivity index (χ1n) is 45.0. The van der Waals surface area contributed by atoms with E-state index >= 15 is 0 Å². The molecule has 0 spiro atoms. The minimum Gasteiger partial charge on any atom is -0.460 e. The zero-order valence-electron chi connectivity index (χ0n) is 78.7. The van der Waals surface area contributed by atoms with Crippen LogP contribution >= 0.6 is 0 Å². The molecule has 4 aliphatic heterocycles. The van der Waals surface area contributed by atoms with Crippen LogP contribution in [-0.2, 0) is 103 Å². The molecule has 11 N–H and O–H groups in total. The van der Waals surface area contributed by atoms with Gasteiger partial charge in [-0.2, -0.15) is 0 Å². The zero-order chi connectivity index (χ0) is 95.4. The lowest BCUT2D eigenvalue weighted by molar-refractivity contribution is -0.293. The topological polar surface area (TPSA) is 457 Å². The van der Waals surface area contributed by atoms with Crippen molar-refractivity contribution < 1.29 is 141 Å². The molecule has 0 radical (unpaired) electrons. The number of ether oxygens (including phenoxy) is 12. The van der Waals surface area contributed by atoms with Gasteiger partial charge in [-0.05, 0) is 176 Å². The zero-order valence-corrected chi connectivity index (χ0v) is 78.7. The van der Waals surface area contributed by atoms with Gasteiger partial charge in [0.05, 0.1) is 25.2 Å². The van der Waals surface area contributed by atoms with Crippen LogP contribution in [0, 0.1) is 10.8 Å². The molecule has 1 amide bonds. The molecule has 0 saturated carbocycles. The number of aliphatic hydroxyl groups excluding tert-OH is 9. The quantitative estimate of drug-likeness (QED) is 0.0127. The highest BCUT2D eigenvalue weighted by Crippen LogP contribution is 2.30. The Kier molecular flexibility index (Phi) is 63.3. The van der Waals surface area contributed by atoms with E-state index in [1.54, 1.807) is 18.7 Å². The van der Waals surface area contributed by atoms with Gasteiger partial charge in [-0.25, -0.2) is 14.4 Å². The second kappa shape index (κ2) is 67.1. The van der Waals surface area contributed by atoms with Crippen LogP contribution in [0.25, 0.3) is 0 Å². The lowest BCUT2D eigenvalue weighted by atomic mass is 9.88. The first-order chi connectivity index (χ1) is 59.4. The van der Waals surface area contributed by atoms with Crippen molar-refractivity contribution in [3.63, 3.8) is 0 Å². The van der Waals surface area contributed by atoms with E-state index in [0.29, 0.717) is 57.0 Å². The summed E-state index contributed by atoms with van der Waals surface area (Å²) in [6, 6.07) is 21.2. The predicted molar refractivity (Wildman–Crippen MR) is 476 cm³/mol. The standard InChI is InChI=1S/C25H45NO10.C20H37NO8.C13H21N.C12H16O8.C11H16.C9H18O2.C4H8O/c1-6-8-14-26(24(32)36-25(3,4)5)15-11-9-10-13-19(29)35-22-21(34-18(28)12-7-2)20(30)17(16-27)33-23(22)31;1-3-5-11-21-12-8-6-7-10-16(24)29-19-18(28-15(23)9-4-2)17(25)14(13-22)27-20(19)26;1-2-3-4-8-11-14-12-13-9-6-5-7-10-13;1-3-7(14)19-10-9(16)6(5-13)18-12(17)11(10)20-8(15)4-2;1-11(2,3)9-10-7-5-4-6-8-10;1-8(2,3)7(10)11-9(4,5)6;1-2-4-5-3-1/h17,20-23,27,30-31H,6-16H2,1-5H3;14,17-22,25-26H,3-13H2,1-2H3;5-7,9-10,14H,2-4,8,11-12H2,1H3;3-4,6,9-13,16-17H,1-2,5H2;4-8H,9H2,1-3H3;1-6H3;1-4H2/t17?,20-,21+,22?,23?;14?,17-,18+,19?,20?;;6?,9-,10+,11?,12?;;;/m11.1.../s1. The van der Waals surface area contributed by atoms with E-state index in [0.717, 1.165) is 96.5 Å². The molecule has 4 fully saturated rings. The molecule has 4 aliphatic rings. The average molecular weight is 1800 g/mol. The number of aliphatic hydroxyl groups is 9. The molecule has 4 heterocycles. The first-order valence-corrected chi connectivity index (χ1v) is 45.0. The lowest BCUT2D eigenvalue weighted by Gasteiger charge is -2.41. The summed E-state index contributed by atoms with van der Waals surface area (Å²) in [6.07, 6.45) is -1.03. The normalized spacial score (nSPS) is 22.6. The molecule has 2 aromatic rings. The van der Waals surface area contributed by atoms with E-state index in [-0.39, 0.29) is 43.3 Å². The summed E-state index contributed by atoms with van der Waals surface area (Å²) in [6.45, 7) is 45.1. The number of carbonyl (C=O) groups excluding carboxylic acids is 8. The number of rotatable bonds is 41. The summed E-state index contributed by atoms with van der Waals surface area (Å²) in [5.41, 5.74) is 1.87. The third-order valence-corrected chi connectivity index (χ3v) is 18.7. The third-order valence-electron chi connectivity index (χ3n) is 18.7. The molecule has 32 heteroatoms. The predicted octanol–water partition coefficient (Wildman–Crippen LogP) is 11.0. The van der Waals surface area contributed by atoms with Crippen molar-refractivity contribution in [1.82, 2.24) is 15.5 Å². The number of hydrogen-bond acceptors (Lipinski definition) is 31. The van der Waals surface area contributed by atoms with Crippen LogP contribution in [0.4, 0.5) is 4.79 Å². The Balaban J connectivity index is 0.00000155. The van der Waals surface area contributed by atoms with Gasteiger partial charge < -0.3 is 118 Å². The number of esters is 7. The van der Waals surface area contributed by atoms with Gasteiger partial charge in [0.2, 0.25) is 0 Å². The van der Waals surface area contributed by atoms with Crippen molar-refractivity contribution in [2.24, 2.45) is 10.8 Å². The number of nitrogens with zero attached hydrogens (tertiary/aromatic N) is 1. The molecule has 6 rings (SSSR count). The minimum atomic E-state index is -1.68. The number of carbonyl (C=O) groups is 8. The smallest absolute Gasteiger partial charge is 0.410 e. The summed E-state index contributed by atoms with van der Waals surface area (Å²) >= 11 is 0. The van der Waals surface area contributed by atoms with Gasteiger partial charge in [0.1, 0.15) is 47.8 Å². The Labute approximate surface area is 750 Å². The van der Waals surface area contributed by atoms with Crippen LogP contribution in [0.1, 0.15) is 270 Å². The Hall–Kier alpha value is -7.12. The molecule has 0 aromatic heterocycles. The number of nitrogens with one attached hydrogen (secondary N) is 2. The van der Waals surface area contributed by atoms with Gasteiger partial charge in [0, 0.05) is 70.7 Å². The Bertz CT molecular complexity index is 3240. The minimum absolute atomic E-state index is 0.0275. The van der Waals surface area contributed by atoms with E-state index in [2.05, 4.69) is 119 Å². The van der Waals surface area contributed by atoms with Gasteiger partial charge >= 0.3 is 47.9 Å². The summed E-state index contributed by atoms with van der Waals surface area (Å²) in [5.74, 6) is -4.35. The van der Waals surface area contributed by atoms with Crippen molar-refractivity contribution in [2.45, 2.75) is 375 Å². The Morgan fingerprint density at radius 3 is 1.14 bits per heavy atom. The van der Waals surface area contributed by atoms with Gasteiger partial charge in [-0.1, -0.05) is 174 Å². The first kappa shape index (κ1) is 119. The van der Waals surface area contributed by atoms with Crippen molar-refractivity contribution in [3.05, 3.63) is 97.1 Å². The molecular formula is C94H161N3O29. The maximum Gasteiger partial charge on any atom is 0.410 e. The second-order valence-corrected chi connectivity index (χ2v) is 35.3. The van der Waals surface area contributed by atoms with Gasteiger partial charge in [-0.3, -0.25) is 24.0 Å². The summed E-state index contributed by atoms with van der Waals surface area (Å²) in [5, 5.41) is 95.2. The van der Waals surface area contributed by atoms with E-state index in [1.165, 1.54) is 49.7 Å². The molecule has 2 aromatic carbocycles. The van der Waals surface area contributed by atoms with Crippen molar-refractivity contribution in [3.8, 4) is 0 Å². The van der Waals surface area contributed by atoms with Crippen molar-refractivity contribution in [2.75, 3.05) is 65.8 Å². The Morgan fingerprint density at radius 2 is 0.778 bits per heavy atom. The van der Waals surface area contributed by atoms with E-state index in [1.807, 2.05) is 69.2 Å². The van der Waals surface area contributed by atoms with E-state index < -0.39 is 159 Å². The second-order valence-electron chi connectivity index (χ2n) is 35.3. The highest BCUT2D eigenvalue weighted by atomic mass is 16.7. The summed E-state index contributed by atoms with van der Waals surface area (Å²) in [4.78, 5) is 96.2. The monoisotopic (exact) mass is 1800 g/mol. The van der Waals surface area contributed by atoms with Crippen LogP contribution in [-0.4, -0.2) is 268 Å². The van der Waals surface area contributed by atoms with E-state index in [4.69, 9.17) is 61.9 Å². The number of hydrogen-bond donors (Lipinski definition) is 11.